The third kappa shape index (κ3) is 3.14. The number of carbonyl (C=O) groups is 1. The molecule has 0 aliphatic heterocycles. The van der Waals surface area contributed by atoms with Crippen LogP contribution in [0.4, 0.5) is 8.78 Å². The summed E-state index contributed by atoms with van der Waals surface area (Å²) in [6.07, 6.45) is -2.19. The predicted molar refractivity (Wildman–Crippen MR) is 78.4 cm³/mol. The molecule has 0 amide bonds. The van der Waals surface area contributed by atoms with Crippen molar-refractivity contribution in [1.29, 1.82) is 0 Å². The molecule has 2 aromatic carbocycles. The van der Waals surface area contributed by atoms with E-state index in [4.69, 9.17) is 4.74 Å². The Kier molecular flexibility index (Phi) is 4.56. The number of benzene rings is 2. The maximum Gasteiger partial charge on any atom is 0.339 e. The lowest BCUT2D eigenvalue weighted by Gasteiger charge is -2.22. The van der Waals surface area contributed by atoms with Gasteiger partial charge in [-0.1, -0.05) is 29.8 Å². The van der Waals surface area contributed by atoms with Gasteiger partial charge in [-0.3, -0.25) is 4.79 Å². The van der Waals surface area contributed by atoms with Gasteiger partial charge < -0.3 is 9.84 Å². The molecule has 116 valence electrons. The van der Waals surface area contributed by atoms with Crippen molar-refractivity contribution in [3.8, 4) is 5.75 Å². The predicted octanol–water partition coefficient (Wildman–Crippen LogP) is 3.56. The molecule has 2 rings (SSSR count). The van der Waals surface area contributed by atoms with E-state index >= 15 is 0 Å². The zero-order valence-corrected chi connectivity index (χ0v) is 12.2. The molecule has 1 unspecified atom stereocenters. The summed E-state index contributed by atoms with van der Waals surface area (Å²) < 4.78 is 33.4. The summed E-state index contributed by atoms with van der Waals surface area (Å²) in [5.74, 6) is -4.88. The Bertz CT molecular complexity index is 649. The highest BCUT2D eigenvalue weighted by molar-refractivity contribution is 6.01. The van der Waals surface area contributed by atoms with Gasteiger partial charge in [-0.15, -0.1) is 0 Å². The van der Waals surface area contributed by atoms with Gasteiger partial charge in [0.05, 0.1) is 7.11 Å². The van der Waals surface area contributed by atoms with E-state index in [-0.39, 0.29) is 11.1 Å². The Morgan fingerprint density at radius 2 is 1.64 bits per heavy atom. The van der Waals surface area contributed by atoms with E-state index in [0.29, 0.717) is 5.75 Å². The average molecular weight is 306 g/mol. The molecule has 2 aromatic rings. The highest BCUT2D eigenvalue weighted by atomic mass is 19.3. The molecule has 0 bridgehead atoms. The van der Waals surface area contributed by atoms with Crippen molar-refractivity contribution in [2.24, 2.45) is 0 Å². The van der Waals surface area contributed by atoms with Crippen molar-refractivity contribution in [3.63, 3.8) is 0 Å². The number of ether oxygens (including phenoxy) is 1. The SMILES string of the molecule is COc1ccc(C(=O)C(F)(F)C(O)c2ccc(C)cc2)cc1. The number of hydrogen-bond acceptors (Lipinski definition) is 3. The summed E-state index contributed by atoms with van der Waals surface area (Å²) in [7, 11) is 1.44. The van der Waals surface area contributed by atoms with Gasteiger partial charge >= 0.3 is 5.92 Å². The summed E-state index contributed by atoms with van der Waals surface area (Å²) >= 11 is 0. The number of aryl methyl sites for hydroxylation is 1. The topological polar surface area (TPSA) is 46.5 Å². The second-order valence-electron chi connectivity index (χ2n) is 4.99. The average Bonchev–Trinajstić information content (AvgIpc) is 2.54. The maximum atomic E-state index is 14.2. The lowest BCUT2D eigenvalue weighted by Crippen LogP contribution is -2.35. The van der Waals surface area contributed by atoms with Gasteiger partial charge in [0.25, 0.3) is 0 Å². The van der Waals surface area contributed by atoms with Crippen LogP contribution in [-0.4, -0.2) is 23.9 Å². The lowest BCUT2D eigenvalue weighted by atomic mass is 9.95. The van der Waals surface area contributed by atoms with Gasteiger partial charge in [0.1, 0.15) is 5.75 Å². The highest BCUT2D eigenvalue weighted by Crippen LogP contribution is 2.34. The molecule has 22 heavy (non-hydrogen) atoms. The van der Waals surface area contributed by atoms with Gasteiger partial charge in [-0.05, 0) is 36.8 Å². The number of carbonyl (C=O) groups excluding carboxylic acids is 1. The molecule has 0 fully saturated rings. The number of halogens is 2. The molecule has 0 heterocycles. The van der Waals surface area contributed by atoms with Crippen LogP contribution >= 0.6 is 0 Å². The number of aliphatic hydroxyl groups excluding tert-OH is 1. The minimum atomic E-state index is -3.91. The zero-order valence-electron chi connectivity index (χ0n) is 12.2. The third-order valence-electron chi connectivity index (χ3n) is 3.39. The number of alkyl halides is 2. The molecule has 0 aliphatic rings. The van der Waals surface area contributed by atoms with Crippen molar-refractivity contribution in [3.05, 3.63) is 65.2 Å². The first kappa shape index (κ1) is 16.1. The Morgan fingerprint density at radius 1 is 1.09 bits per heavy atom. The van der Waals surface area contributed by atoms with E-state index in [1.165, 1.54) is 43.5 Å². The van der Waals surface area contributed by atoms with Gasteiger partial charge in [0, 0.05) is 5.56 Å². The number of ketones is 1. The van der Waals surface area contributed by atoms with Crippen LogP contribution in [0.1, 0.15) is 27.6 Å². The van der Waals surface area contributed by atoms with Crippen LogP contribution in [0.2, 0.25) is 0 Å². The number of rotatable bonds is 5. The molecule has 3 nitrogen and oxygen atoms in total. The molecule has 0 spiro atoms. The minimum Gasteiger partial charge on any atom is -0.497 e. The first-order chi connectivity index (χ1) is 10.4. The Hall–Kier alpha value is -2.27. The summed E-state index contributed by atoms with van der Waals surface area (Å²) in [5.41, 5.74) is 0.690. The van der Waals surface area contributed by atoms with Crippen LogP contribution in [-0.2, 0) is 0 Å². The smallest absolute Gasteiger partial charge is 0.339 e. The minimum absolute atomic E-state index is 0.00235. The second kappa shape index (κ2) is 6.23. The van der Waals surface area contributed by atoms with Crippen molar-refractivity contribution in [2.75, 3.05) is 7.11 Å². The van der Waals surface area contributed by atoms with Crippen LogP contribution in [0.25, 0.3) is 0 Å². The monoisotopic (exact) mass is 306 g/mol. The Labute approximate surface area is 127 Å². The van der Waals surface area contributed by atoms with Crippen LogP contribution in [0.15, 0.2) is 48.5 Å². The molecule has 0 saturated carbocycles. The Balaban J connectivity index is 2.27. The van der Waals surface area contributed by atoms with Gasteiger partial charge in [-0.2, -0.15) is 8.78 Å². The first-order valence-corrected chi connectivity index (χ1v) is 6.67. The molecular formula is C17H16F2O3. The number of aliphatic hydroxyl groups is 1. The Morgan fingerprint density at radius 3 is 2.14 bits per heavy atom. The quantitative estimate of drug-likeness (QED) is 0.859. The molecule has 0 radical (unpaired) electrons. The molecule has 0 aromatic heterocycles. The van der Waals surface area contributed by atoms with E-state index in [2.05, 4.69) is 0 Å². The number of hydrogen-bond donors (Lipinski definition) is 1. The van der Waals surface area contributed by atoms with Gasteiger partial charge in [-0.25, -0.2) is 0 Å². The molecular weight excluding hydrogens is 290 g/mol. The fraction of sp³-hybridized carbons (Fsp3) is 0.235. The molecule has 0 aliphatic carbocycles. The lowest BCUT2D eigenvalue weighted by molar-refractivity contribution is -0.0792. The summed E-state index contributed by atoms with van der Waals surface area (Å²) in [4.78, 5) is 12.0. The van der Waals surface area contributed by atoms with Crippen LogP contribution in [0, 0.1) is 6.92 Å². The standard InChI is InChI=1S/C17H16F2O3/c1-11-3-5-12(6-4-11)15(20)17(18,19)16(21)13-7-9-14(22-2)10-8-13/h3-10,15,20H,1-2H3. The summed E-state index contributed by atoms with van der Waals surface area (Å²) in [6, 6.07) is 11.3. The first-order valence-electron chi connectivity index (χ1n) is 6.67. The third-order valence-corrected chi connectivity index (χ3v) is 3.39. The van der Waals surface area contributed by atoms with Gasteiger partial charge in [0.15, 0.2) is 6.10 Å². The largest absolute Gasteiger partial charge is 0.497 e. The van der Waals surface area contributed by atoms with Gasteiger partial charge in [0.2, 0.25) is 5.78 Å². The fourth-order valence-electron chi connectivity index (χ4n) is 2.02. The normalized spacial score (nSPS) is 12.8. The maximum absolute atomic E-state index is 14.2. The van der Waals surface area contributed by atoms with E-state index in [9.17, 15) is 18.7 Å². The van der Waals surface area contributed by atoms with Crippen molar-refractivity contribution in [2.45, 2.75) is 19.0 Å². The fourth-order valence-corrected chi connectivity index (χ4v) is 2.02. The number of methoxy groups -OCH3 is 1. The molecule has 5 heteroatoms. The van der Waals surface area contributed by atoms with E-state index in [1.807, 2.05) is 0 Å². The summed E-state index contributed by atoms with van der Waals surface area (Å²) in [5, 5.41) is 9.88. The van der Waals surface area contributed by atoms with Crippen molar-refractivity contribution >= 4 is 5.78 Å². The van der Waals surface area contributed by atoms with E-state index in [1.54, 1.807) is 19.1 Å². The van der Waals surface area contributed by atoms with Crippen molar-refractivity contribution < 1.29 is 23.4 Å². The molecule has 1 atom stereocenters. The van der Waals surface area contributed by atoms with E-state index < -0.39 is 17.8 Å². The molecule has 1 N–H and O–H groups in total. The molecule has 0 saturated heterocycles. The second-order valence-corrected chi connectivity index (χ2v) is 4.99. The van der Waals surface area contributed by atoms with Crippen LogP contribution in [0.3, 0.4) is 0 Å². The van der Waals surface area contributed by atoms with Crippen LogP contribution in [0.5, 0.6) is 5.75 Å². The van der Waals surface area contributed by atoms with Crippen LogP contribution < -0.4 is 4.74 Å². The van der Waals surface area contributed by atoms with E-state index in [0.717, 1.165) is 5.56 Å². The highest BCUT2D eigenvalue weighted by Gasteiger charge is 2.47. The zero-order chi connectivity index (χ0) is 16.3. The number of Topliss-reactive ketones (excluding diaryl/α,β-unsaturated/α-hetero) is 1. The summed E-state index contributed by atoms with van der Waals surface area (Å²) in [6.45, 7) is 1.80. The van der Waals surface area contributed by atoms with Crippen molar-refractivity contribution in [1.82, 2.24) is 0 Å².